The molecule has 0 heterocycles. The molecule has 0 unspecified atom stereocenters. The van der Waals surface area contributed by atoms with Gasteiger partial charge in [-0.1, -0.05) is 49.6 Å². The van der Waals surface area contributed by atoms with E-state index >= 15 is 0 Å². The molecule has 5 nitrogen and oxygen atoms in total. The molecule has 2 aromatic rings. The molecule has 0 spiro atoms. The van der Waals surface area contributed by atoms with Gasteiger partial charge in [-0.05, 0) is 36.8 Å². The van der Waals surface area contributed by atoms with E-state index in [-0.39, 0.29) is 18.4 Å². The number of anilines is 3. The number of carbonyl (C=O) groups is 2. The quantitative estimate of drug-likeness (QED) is 0.547. The lowest BCUT2D eigenvalue weighted by molar-refractivity contribution is -0.116. The number of carbonyl (C=O) groups excluding carboxylic acids is 2. The molecule has 26 heavy (non-hydrogen) atoms. The van der Waals surface area contributed by atoms with E-state index in [0.29, 0.717) is 28.5 Å². The van der Waals surface area contributed by atoms with Gasteiger partial charge in [-0.25, -0.2) is 0 Å². The third-order valence-electron chi connectivity index (χ3n) is 3.75. The minimum atomic E-state index is -0.198. The number of para-hydroxylation sites is 1. The van der Waals surface area contributed by atoms with Gasteiger partial charge < -0.3 is 16.0 Å². The fourth-order valence-corrected chi connectivity index (χ4v) is 2.62. The highest BCUT2D eigenvalue weighted by Crippen LogP contribution is 2.20. The van der Waals surface area contributed by atoms with Crippen molar-refractivity contribution in [1.82, 2.24) is 0 Å². The number of hydrogen-bond donors (Lipinski definition) is 3. The van der Waals surface area contributed by atoms with Crippen molar-refractivity contribution < 1.29 is 9.59 Å². The molecule has 0 bridgehead atoms. The molecule has 0 aliphatic heterocycles. The fourth-order valence-electron chi connectivity index (χ4n) is 2.42. The minimum Gasteiger partial charge on any atom is -0.375 e. The Balaban J connectivity index is 1.84. The largest absolute Gasteiger partial charge is 0.375 e. The number of rotatable bonds is 9. The van der Waals surface area contributed by atoms with E-state index in [9.17, 15) is 9.59 Å². The number of unbranched alkanes of at least 4 members (excludes halogenated alkanes) is 2. The molecule has 0 radical (unpaired) electrons. The van der Waals surface area contributed by atoms with E-state index in [0.717, 1.165) is 19.3 Å². The van der Waals surface area contributed by atoms with Crippen molar-refractivity contribution in [1.29, 1.82) is 0 Å². The van der Waals surface area contributed by atoms with Crippen LogP contribution in [0, 0.1) is 0 Å². The van der Waals surface area contributed by atoms with Crippen LogP contribution >= 0.6 is 11.6 Å². The maximum Gasteiger partial charge on any atom is 0.243 e. The van der Waals surface area contributed by atoms with Crippen molar-refractivity contribution in [2.24, 2.45) is 0 Å². The summed E-state index contributed by atoms with van der Waals surface area (Å²) in [5.41, 5.74) is 2.00. The van der Waals surface area contributed by atoms with Crippen LogP contribution in [-0.2, 0) is 9.59 Å². The summed E-state index contributed by atoms with van der Waals surface area (Å²) < 4.78 is 0. The van der Waals surface area contributed by atoms with Gasteiger partial charge in [0, 0.05) is 17.8 Å². The molecule has 2 amide bonds. The lowest BCUT2D eigenvalue weighted by atomic mass is 10.2. The van der Waals surface area contributed by atoms with Gasteiger partial charge in [0.05, 0.1) is 17.3 Å². The normalized spacial score (nSPS) is 10.2. The van der Waals surface area contributed by atoms with Crippen LogP contribution in [0.5, 0.6) is 0 Å². The highest BCUT2D eigenvalue weighted by Gasteiger charge is 2.06. The lowest BCUT2D eigenvalue weighted by Crippen LogP contribution is -2.22. The molecule has 0 saturated heterocycles. The molecular weight excluding hydrogens is 350 g/mol. The molecule has 2 aromatic carbocycles. The Bertz CT molecular complexity index is 749. The Morgan fingerprint density at radius 3 is 2.31 bits per heavy atom. The summed E-state index contributed by atoms with van der Waals surface area (Å²) in [6, 6.07) is 14.4. The molecule has 3 N–H and O–H groups in total. The maximum atomic E-state index is 12.1. The molecular formula is C20H24ClN3O2. The Morgan fingerprint density at radius 2 is 1.62 bits per heavy atom. The SMILES string of the molecule is CCCCCC(=O)Nc1cccc(NC(=O)CNc2ccccc2Cl)c1. The van der Waals surface area contributed by atoms with Crippen molar-refractivity contribution in [3.05, 3.63) is 53.6 Å². The van der Waals surface area contributed by atoms with E-state index in [1.54, 1.807) is 30.3 Å². The monoisotopic (exact) mass is 373 g/mol. The van der Waals surface area contributed by atoms with E-state index in [1.165, 1.54) is 0 Å². The average Bonchev–Trinajstić information content (AvgIpc) is 2.61. The van der Waals surface area contributed by atoms with Crippen molar-refractivity contribution in [2.75, 3.05) is 22.5 Å². The van der Waals surface area contributed by atoms with Gasteiger partial charge in [-0.2, -0.15) is 0 Å². The van der Waals surface area contributed by atoms with Crippen LogP contribution in [0.4, 0.5) is 17.1 Å². The lowest BCUT2D eigenvalue weighted by Gasteiger charge is -2.10. The van der Waals surface area contributed by atoms with E-state index in [2.05, 4.69) is 22.9 Å². The maximum absolute atomic E-state index is 12.1. The highest BCUT2D eigenvalue weighted by molar-refractivity contribution is 6.33. The predicted molar refractivity (Wildman–Crippen MR) is 108 cm³/mol. The van der Waals surface area contributed by atoms with Crippen LogP contribution in [0.25, 0.3) is 0 Å². The van der Waals surface area contributed by atoms with Gasteiger partial charge in [0.2, 0.25) is 11.8 Å². The van der Waals surface area contributed by atoms with Gasteiger partial charge >= 0.3 is 0 Å². The average molecular weight is 374 g/mol. The first-order valence-corrected chi connectivity index (χ1v) is 9.14. The summed E-state index contributed by atoms with van der Waals surface area (Å²) in [7, 11) is 0. The molecule has 0 atom stereocenters. The van der Waals surface area contributed by atoms with Crippen LogP contribution in [-0.4, -0.2) is 18.4 Å². The zero-order valence-electron chi connectivity index (χ0n) is 14.8. The molecule has 0 fully saturated rings. The first kappa shape index (κ1) is 19.8. The second-order valence-corrected chi connectivity index (χ2v) is 6.37. The van der Waals surface area contributed by atoms with Gasteiger partial charge in [0.25, 0.3) is 0 Å². The second-order valence-electron chi connectivity index (χ2n) is 5.97. The van der Waals surface area contributed by atoms with Gasteiger partial charge in [-0.3, -0.25) is 9.59 Å². The third kappa shape index (κ3) is 6.76. The topological polar surface area (TPSA) is 70.2 Å². The molecule has 0 aliphatic rings. The van der Waals surface area contributed by atoms with E-state index < -0.39 is 0 Å². The van der Waals surface area contributed by atoms with Gasteiger partial charge in [0.15, 0.2) is 0 Å². The van der Waals surface area contributed by atoms with Crippen molar-refractivity contribution in [3.8, 4) is 0 Å². The summed E-state index contributed by atoms with van der Waals surface area (Å²) in [4.78, 5) is 24.0. The number of hydrogen-bond acceptors (Lipinski definition) is 3. The Kier molecular flexibility index (Phi) is 7.96. The Hall–Kier alpha value is -2.53. The molecule has 6 heteroatoms. The van der Waals surface area contributed by atoms with Crippen molar-refractivity contribution in [3.63, 3.8) is 0 Å². The minimum absolute atomic E-state index is 0.0117. The van der Waals surface area contributed by atoms with Crippen LogP contribution in [0.15, 0.2) is 48.5 Å². The summed E-state index contributed by atoms with van der Waals surface area (Å²) in [6.07, 6.45) is 3.51. The third-order valence-corrected chi connectivity index (χ3v) is 4.08. The van der Waals surface area contributed by atoms with Gasteiger partial charge in [-0.15, -0.1) is 0 Å². The smallest absolute Gasteiger partial charge is 0.243 e. The van der Waals surface area contributed by atoms with Crippen molar-refractivity contribution in [2.45, 2.75) is 32.6 Å². The molecule has 0 aliphatic carbocycles. The van der Waals surface area contributed by atoms with E-state index in [4.69, 9.17) is 11.6 Å². The fraction of sp³-hybridized carbons (Fsp3) is 0.300. The summed E-state index contributed by atoms with van der Waals surface area (Å²) in [5.74, 6) is -0.210. The standard InChI is InChI=1S/C20H24ClN3O2/c1-2-3-4-12-19(25)23-15-8-7-9-16(13-15)24-20(26)14-22-18-11-6-5-10-17(18)21/h5-11,13,22H,2-4,12,14H2,1H3,(H,23,25)(H,24,26). The number of benzene rings is 2. The molecule has 2 rings (SSSR count). The number of amides is 2. The molecule has 0 aromatic heterocycles. The number of halogens is 1. The Morgan fingerprint density at radius 1 is 0.923 bits per heavy atom. The van der Waals surface area contributed by atoms with Crippen molar-refractivity contribution >= 4 is 40.5 Å². The Labute approximate surface area is 159 Å². The second kappa shape index (κ2) is 10.5. The zero-order valence-corrected chi connectivity index (χ0v) is 15.6. The highest BCUT2D eigenvalue weighted by atomic mass is 35.5. The van der Waals surface area contributed by atoms with Crippen LogP contribution in [0.1, 0.15) is 32.6 Å². The first-order valence-electron chi connectivity index (χ1n) is 8.76. The zero-order chi connectivity index (χ0) is 18.8. The van der Waals surface area contributed by atoms with Crippen LogP contribution in [0.3, 0.4) is 0 Å². The van der Waals surface area contributed by atoms with Crippen LogP contribution in [0.2, 0.25) is 5.02 Å². The number of nitrogens with one attached hydrogen (secondary N) is 3. The summed E-state index contributed by atoms with van der Waals surface area (Å²) >= 11 is 6.05. The van der Waals surface area contributed by atoms with Crippen LogP contribution < -0.4 is 16.0 Å². The first-order chi connectivity index (χ1) is 12.6. The predicted octanol–water partition coefficient (Wildman–Crippen LogP) is 4.91. The summed E-state index contributed by atoms with van der Waals surface area (Å²) in [6.45, 7) is 2.20. The molecule has 138 valence electrons. The van der Waals surface area contributed by atoms with E-state index in [1.807, 2.05) is 18.2 Å². The van der Waals surface area contributed by atoms with Gasteiger partial charge in [0.1, 0.15) is 0 Å². The molecule has 0 saturated carbocycles. The summed E-state index contributed by atoms with van der Waals surface area (Å²) in [5, 5.41) is 9.22.